The van der Waals surface area contributed by atoms with Gasteiger partial charge >= 0.3 is 0 Å². The average molecular weight is 350 g/mol. The summed E-state index contributed by atoms with van der Waals surface area (Å²) in [5.41, 5.74) is 5.12. The summed E-state index contributed by atoms with van der Waals surface area (Å²) in [4.78, 5) is 17.4. The van der Waals surface area contributed by atoms with Gasteiger partial charge in [-0.2, -0.15) is 0 Å². The second kappa shape index (κ2) is 6.72. The summed E-state index contributed by atoms with van der Waals surface area (Å²) in [5.74, 6) is 0.152. The number of benzene rings is 1. The molecule has 5 heteroatoms. The number of aromatic nitrogens is 2. The van der Waals surface area contributed by atoms with E-state index in [1.807, 2.05) is 37.5 Å². The molecule has 26 heavy (non-hydrogen) atoms. The van der Waals surface area contributed by atoms with Gasteiger partial charge in [0.25, 0.3) is 0 Å². The maximum absolute atomic E-state index is 13.0. The summed E-state index contributed by atoms with van der Waals surface area (Å²) >= 11 is 0. The second-order valence-corrected chi connectivity index (χ2v) is 7.41. The number of hydrogen-bond acceptors (Lipinski definition) is 3. The van der Waals surface area contributed by atoms with E-state index >= 15 is 0 Å². The summed E-state index contributed by atoms with van der Waals surface area (Å²) in [6.45, 7) is 5.92. The van der Waals surface area contributed by atoms with E-state index in [1.54, 1.807) is 0 Å². The zero-order valence-corrected chi connectivity index (χ0v) is 15.5. The zero-order valence-electron chi connectivity index (χ0n) is 15.5. The number of aryl methyl sites for hydroxylation is 1. The van der Waals surface area contributed by atoms with Crippen molar-refractivity contribution in [3.8, 4) is 5.69 Å². The van der Waals surface area contributed by atoms with Gasteiger partial charge in [0.1, 0.15) is 0 Å². The Morgan fingerprint density at radius 3 is 2.54 bits per heavy atom. The van der Waals surface area contributed by atoms with Crippen molar-refractivity contribution in [1.82, 2.24) is 14.9 Å². The summed E-state index contributed by atoms with van der Waals surface area (Å²) in [6.07, 6.45) is 8.11. The Bertz CT molecular complexity index is 843. The zero-order chi connectivity index (χ0) is 18.1. The second-order valence-electron chi connectivity index (χ2n) is 7.41. The van der Waals surface area contributed by atoms with Gasteiger partial charge in [0, 0.05) is 23.6 Å². The molecule has 1 fully saturated rings. The molecule has 0 saturated heterocycles. The predicted octanol–water partition coefficient (Wildman–Crippen LogP) is 3.52. The third-order valence-corrected chi connectivity index (χ3v) is 5.98. The van der Waals surface area contributed by atoms with Gasteiger partial charge in [-0.05, 0) is 63.9 Å². The molecular weight excluding hydrogens is 324 g/mol. The standard InChI is InChI=1S/C21H26N4O/c1-15-16(2)25(14-23-15)19-6-4-18(5-7-19)24-20(26)21(10-3-11-21)17-8-12-22-13-9-17/h4-8,14,22H,3,9-13H2,1-2H3,(H,24,26). The molecule has 1 aromatic carbocycles. The largest absolute Gasteiger partial charge is 0.325 e. The van der Waals surface area contributed by atoms with Crippen molar-refractivity contribution in [3.05, 3.63) is 53.6 Å². The third kappa shape index (κ3) is 2.86. The van der Waals surface area contributed by atoms with Crippen LogP contribution < -0.4 is 10.6 Å². The van der Waals surface area contributed by atoms with E-state index < -0.39 is 0 Å². The molecule has 0 atom stereocenters. The average Bonchev–Trinajstić information content (AvgIpc) is 2.95. The SMILES string of the molecule is Cc1ncn(-c2ccc(NC(=O)C3(C4=CCNCC4)CCC3)cc2)c1C. The van der Waals surface area contributed by atoms with Crippen molar-refractivity contribution in [2.45, 2.75) is 39.5 Å². The smallest absolute Gasteiger partial charge is 0.234 e. The Kier molecular flexibility index (Phi) is 4.41. The minimum absolute atomic E-state index is 0.152. The predicted molar refractivity (Wildman–Crippen MR) is 104 cm³/mol. The quantitative estimate of drug-likeness (QED) is 0.830. The Morgan fingerprint density at radius 1 is 1.23 bits per heavy atom. The summed E-state index contributed by atoms with van der Waals surface area (Å²) in [5, 5.41) is 6.49. The number of nitrogens with one attached hydrogen (secondary N) is 2. The van der Waals surface area contributed by atoms with E-state index in [4.69, 9.17) is 0 Å². The van der Waals surface area contributed by atoms with Crippen LogP contribution in [0.3, 0.4) is 0 Å². The minimum Gasteiger partial charge on any atom is -0.325 e. The van der Waals surface area contributed by atoms with E-state index in [0.717, 1.165) is 61.5 Å². The molecule has 2 N–H and O–H groups in total. The molecule has 0 spiro atoms. The van der Waals surface area contributed by atoms with Crippen LogP contribution in [0.1, 0.15) is 37.1 Å². The van der Waals surface area contributed by atoms with Crippen molar-refractivity contribution >= 4 is 11.6 Å². The number of nitrogens with zero attached hydrogens (tertiary/aromatic N) is 2. The first-order valence-electron chi connectivity index (χ1n) is 9.43. The first-order chi connectivity index (χ1) is 12.6. The Morgan fingerprint density at radius 2 is 2.00 bits per heavy atom. The molecule has 4 rings (SSSR count). The molecule has 1 amide bonds. The normalized spacial score (nSPS) is 18.8. The monoisotopic (exact) mass is 350 g/mol. The number of hydrogen-bond donors (Lipinski definition) is 2. The fraction of sp³-hybridized carbons (Fsp3) is 0.429. The fourth-order valence-corrected chi connectivity index (χ4v) is 4.00. The number of carbonyl (C=O) groups is 1. The molecule has 1 saturated carbocycles. The molecule has 2 heterocycles. The fourth-order valence-electron chi connectivity index (χ4n) is 4.00. The lowest BCUT2D eigenvalue weighted by Gasteiger charge is -2.43. The molecule has 0 unspecified atom stereocenters. The van der Waals surface area contributed by atoms with Crippen LogP contribution in [-0.4, -0.2) is 28.5 Å². The van der Waals surface area contributed by atoms with Crippen LogP contribution >= 0.6 is 0 Å². The number of imidazole rings is 1. The van der Waals surface area contributed by atoms with Crippen LogP contribution in [0, 0.1) is 19.3 Å². The van der Waals surface area contributed by atoms with Crippen LogP contribution in [0.2, 0.25) is 0 Å². The highest BCUT2D eigenvalue weighted by Gasteiger charge is 2.46. The van der Waals surface area contributed by atoms with E-state index in [0.29, 0.717) is 0 Å². The third-order valence-electron chi connectivity index (χ3n) is 5.98. The van der Waals surface area contributed by atoms with E-state index in [9.17, 15) is 4.79 Å². The highest BCUT2D eigenvalue weighted by atomic mass is 16.2. The van der Waals surface area contributed by atoms with Crippen LogP contribution in [-0.2, 0) is 4.79 Å². The Balaban J connectivity index is 1.51. The topological polar surface area (TPSA) is 59.0 Å². The molecule has 0 radical (unpaired) electrons. The number of rotatable bonds is 4. The van der Waals surface area contributed by atoms with Gasteiger partial charge in [0.2, 0.25) is 5.91 Å². The van der Waals surface area contributed by atoms with Crippen molar-refractivity contribution in [1.29, 1.82) is 0 Å². The van der Waals surface area contributed by atoms with Crippen molar-refractivity contribution in [2.24, 2.45) is 5.41 Å². The van der Waals surface area contributed by atoms with Gasteiger partial charge in [-0.3, -0.25) is 4.79 Å². The van der Waals surface area contributed by atoms with E-state index in [1.165, 1.54) is 5.57 Å². The molecule has 2 aromatic rings. The minimum atomic E-state index is -0.279. The molecule has 0 bridgehead atoms. The lowest BCUT2D eigenvalue weighted by Crippen LogP contribution is -2.45. The van der Waals surface area contributed by atoms with Crippen molar-refractivity contribution in [2.75, 3.05) is 18.4 Å². The Labute approximate surface area is 154 Å². The van der Waals surface area contributed by atoms with Gasteiger partial charge in [-0.25, -0.2) is 4.98 Å². The van der Waals surface area contributed by atoms with Crippen LogP contribution in [0.4, 0.5) is 5.69 Å². The maximum atomic E-state index is 13.0. The molecular formula is C21H26N4O. The van der Waals surface area contributed by atoms with Gasteiger partial charge < -0.3 is 15.2 Å². The highest BCUT2D eigenvalue weighted by Crippen LogP contribution is 2.49. The van der Waals surface area contributed by atoms with Gasteiger partial charge in [0.05, 0.1) is 17.4 Å². The summed E-state index contributed by atoms with van der Waals surface area (Å²) in [6, 6.07) is 8.01. The molecule has 2 aliphatic rings. The van der Waals surface area contributed by atoms with Gasteiger partial charge in [-0.15, -0.1) is 0 Å². The lowest BCUT2D eigenvalue weighted by atomic mass is 9.62. The van der Waals surface area contributed by atoms with Gasteiger partial charge in [-0.1, -0.05) is 18.1 Å². The van der Waals surface area contributed by atoms with Gasteiger partial charge in [0.15, 0.2) is 0 Å². The first kappa shape index (κ1) is 17.0. The highest BCUT2D eigenvalue weighted by molar-refractivity contribution is 5.98. The van der Waals surface area contributed by atoms with Crippen LogP contribution in [0.25, 0.3) is 5.69 Å². The summed E-state index contributed by atoms with van der Waals surface area (Å²) < 4.78 is 2.06. The van der Waals surface area contributed by atoms with Crippen molar-refractivity contribution < 1.29 is 4.79 Å². The van der Waals surface area contributed by atoms with Crippen LogP contribution in [0.15, 0.2) is 42.2 Å². The van der Waals surface area contributed by atoms with Crippen LogP contribution in [0.5, 0.6) is 0 Å². The molecule has 1 aromatic heterocycles. The molecule has 5 nitrogen and oxygen atoms in total. The lowest BCUT2D eigenvalue weighted by molar-refractivity contribution is -0.127. The molecule has 1 aliphatic carbocycles. The van der Waals surface area contributed by atoms with E-state index in [2.05, 4.69) is 33.2 Å². The summed E-state index contributed by atoms with van der Waals surface area (Å²) in [7, 11) is 0. The molecule has 136 valence electrons. The number of carbonyl (C=O) groups excluding carboxylic acids is 1. The Hall–Kier alpha value is -2.40. The molecule has 1 aliphatic heterocycles. The van der Waals surface area contributed by atoms with E-state index in [-0.39, 0.29) is 11.3 Å². The first-order valence-corrected chi connectivity index (χ1v) is 9.43. The maximum Gasteiger partial charge on any atom is 0.234 e. The number of amides is 1. The van der Waals surface area contributed by atoms with Crippen molar-refractivity contribution in [3.63, 3.8) is 0 Å². The number of anilines is 1.